The molecule has 0 N–H and O–H groups in total. The Morgan fingerprint density at radius 1 is 1.10 bits per heavy atom. The standard InChI is InChI=1S/C22H21F3N2O4/c1-30-17-9-5-8-15-12-16-20(31-21(29)22(23,24)25)26(13-14-6-3-2-4-7-14)10-11-27(16)19(28)18(15)17/h2-9,16,20H,10-13H2,1H3/t16-,20?/m1/s1. The quantitative estimate of drug-likeness (QED) is 0.693. The van der Waals surface area contributed by atoms with Gasteiger partial charge in [-0.05, 0) is 23.6 Å². The smallest absolute Gasteiger partial charge is 0.490 e. The second-order valence-electron chi connectivity index (χ2n) is 7.51. The summed E-state index contributed by atoms with van der Waals surface area (Å²) in [4.78, 5) is 28.1. The summed E-state index contributed by atoms with van der Waals surface area (Å²) in [5.74, 6) is -2.19. The minimum absolute atomic E-state index is 0.249. The van der Waals surface area contributed by atoms with E-state index < -0.39 is 24.4 Å². The molecule has 164 valence electrons. The van der Waals surface area contributed by atoms with E-state index in [2.05, 4.69) is 0 Å². The van der Waals surface area contributed by atoms with Crippen LogP contribution in [0.3, 0.4) is 0 Å². The molecule has 6 nitrogen and oxygen atoms in total. The molecule has 0 aromatic heterocycles. The lowest BCUT2D eigenvalue weighted by Gasteiger charge is -2.49. The van der Waals surface area contributed by atoms with Gasteiger partial charge >= 0.3 is 12.1 Å². The fourth-order valence-corrected chi connectivity index (χ4v) is 4.23. The van der Waals surface area contributed by atoms with Crippen LogP contribution < -0.4 is 4.74 Å². The third kappa shape index (κ3) is 4.10. The predicted octanol–water partition coefficient (Wildman–Crippen LogP) is 3.01. The van der Waals surface area contributed by atoms with Crippen LogP contribution in [0.1, 0.15) is 21.5 Å². The summed E-state index contributed by atoms with van der Waals surface area (Å²) >= 11 is 0. The van der Waals surface area contributed by atoms with E-state index in [0.717, 1.165) is 5.56 Å². The minimum Gasteiger partial charge on any atom is -0.496 e. The van der Waals surface area contributed by atoms with Gasteiger partial charge < -0.3 is 14.4 Å². The minimum atomic E-state index is -5.12. The van der Waals surface area contributed by atoms with Gasteiger partial charge in [0.25, 0.3) is 5.91 Å². The van der Waals surface area contributed by atoms with Crippen LogP contribution in [0.25, 0.3) is 0 Å². The third-order valence-electron chi connectivity index (χ3n) is 5.64. The van der Waals surface area contributed by atoms with Gasteiger partial charge in [0.15, 0.2) is 6.23 Å². The summed E-state index contributed by atoms with van der Waals surface area (Å²) < 4.78 is 49.3. The van der Waals surface area contributed by atoms with E-state index in [9.17, 15) is 22.8 Å². The molecule has 0 radical (unpaired) electrons. The van der Waals surface area contributed by atoms with Crippen molar-refractivity contribution >= 4 is 11.9 Å². The number of halogens is 3. The molecule has 2 aliphatic heterocycles. The Kier molecular flexibility index (Phi) is 5.62. The fourth-order valence-electron chi connectivity index (χ4n) is 4.23. The largest absolute Gasteiger partial charge is 0.496 e. The van der Waals surface area contributed by atoms with E-state index in [0.29, 0.717) is 30.0 Å². The number of hydrogen-bond donors (Lipinski definition) is 0. The summed E-state index contributed by atoms with van der Waals surface area (Å²) in [6, 6.07) is 13.6. The van der Waals surface area contributed by atoms with Crippen molar-refractivity contribution in [1.29, 1.82) is 0 Å². The maximum absolute atomic E-state index is 13.2. The number of carbonyl (C=O) groups excluding carboxylic acids is 2. The highest BCUT2D eigenvalue weighted by Crippen LogP contribution is 2.35. The molecule has 0 bridgehead atoms. The summed E-state index contributed by atoms with van der Waals surface area (Å²) in [5, 5.41) is 0. The zero-order chi connectivity index (χ0) is 22.2. The van der Waals surface area contributed by atoms with Crippen LogP contribution in [0, 0.1) is 0 Å². The Balaban J connectivity index is 1.69. The molecule has 1 amide bonds. The first-order valence-corrected chi connectivity index (χ1v) is 9.82. The van der Waals surface area contributed by atoms with Gasteiger partial charge in [-0.15, -0.1) is 0 Å². The molecule has 2 aliphatic rings. The number of fused-ring (bicyclic) bond motifs is 2. The average Bonchev–Trinajstić information content (AvgIpc) is 2.75. The van der Waals surface area contributed by atoms with Crippen molar-refractivity contribution in [3.63, 3.8) is 0 Å². The number of rotatable bonds is 4. The van der Waals surface area contributed by atoms with Crippen molar-refractivity contribution in [3.8, 4) is 5.75 Å². The summed E-state index contributed by atoms with van der Waals surface area (Å²) in [6.45, 7) is 0.853. The molecule has 1 unspecified atom stereocenters. The Bertz CT molecular complexity index is 980. The first-order chi connectivity index (χ1) is 14.8. The number of hydrogen-bond acceptors (Lipinski definition) is 5. The van der Waals surface area contributed by atoms with Crippen molar-refractivity contribution in [2.24, 2.45) is 0 Å². The molecule has 2 aromatic carbocycles. The molecule has 0 spiro atoms. The van der Waals surface area contributed by atoms with Gasteiger partial charge in [0.2, 0.25) is 0 Å². The number of methoxy groups -OCH3 is 1. The lowest BCUT2D eigenvalue weighted by molar-refractivity contribution is -0.221. The SMILES string of the molecule is COc1cccc2c1C(=O)N1CCN(Cc3ccccc3)C(OC(=O)C(F)(F)F)[C@H]1C2. The first kappa shape index (κ1) is 21.2. The number of nitrogens with zero attached hydrogens (tertiary/aromatic N) is 2. The lowest BCUT2D eigenvalue weighted by atomic mass is 9.89. The number of esters is 1. The van der Waals surface area contributed by atoms with Gasteiger partial charge in [-0.1, -0.05) is 42.5 Å². The average molecular weight is 434 g/mol. The van der Waals surface area contributed by atoms with Gasteiger partial charge in [0.1, 0.15) is 5.75 Å². The van der Waals surface area contributed by atoms with Crippen LogP contribution in [0.5, 0.6) is 5.75 Å². The molecule has 2 heterocycles. The van der Waals surface area contributed by atoms with Crippen LogP contribution in [-0.2, 0) is 22.5 Å². The highest BCUT2D eigenvalue weighted by atomic mass is 19.4. The molecule has 2 atom stereocenters. The van der Waals surface area contributed by atoms with E-state index in [1.165, 1.54) is 12.0 Å². The summed E-state index contributed by atoms with van der Waals surface area (Å²) in [5.41, 5.74) is 1.92. The monoisotopic (exact) mass is 434 g/mol. The number of ether oxygens (including phenoxy) is 2. The van der Waals surface area contributed by atoms with Crippen LogP contribution >= 0.6 is 0 Å². The van der Waals surface area contributed by atoms with Crippen molar-refractivity contribution in [2.45, 2.75) is 31.4 Å². The topological polar surface area (TPSA) is 59.1 Å². The van der Waals surface area contributed by atoms with E-state index in [1.54, 1.807) is 23.1 Å². The van der Waals surface area contributed by atoms with Crippen LogP contribution in [0.15, 0.2) is 48.5 Å². The highest BCUT2D eigenvalue weighted by Gasteiger charge is 2.49. The van der Waals surface area contributed by atoms with Crippen LogP contribution in [0.2, 0.25) is 0 Å². The first-order valence-electron chi connectivity index (χ1n) is 9.82. The second-order valence-corrected chi connectivity index (χ2v) is 7.51. The molecule has 4 rings (SSSR count). The van der Waals surface area contributed by atoms with E-state index in [1.807, 2.05) is 30.3 Å². The molecule has 0 saturated carbocycles. The van der Waals surface area contributed by atoms with Gasteiger partial charge in [-0.2, -0.15) is 13.2 Å². The van der Waals surface area contributed by atoms with Crippen molar-refractivity contribution in [3.05, 3.63) is 65.2 Å². The normalized spacial score (nSPS) is 21.3. The third-order valence-corrected chi connectivity index (χ3v) is 5.64. The zero-order valence-corrected chi connectivity index (χ0v) is 16.8. The molecule has 1 fully saturated rings. The fraction of sp³-hybridized carbons (Fsp3) is 0.364. The van der Waals surface area contributed by atoms with Crippen molar-refractivity contribution in [1.82, 2.24) is 9.80 Å². The molecule has 31 heavy (non-hydrogen) atoms. The molecule has 1 saturated heterocycles. The number of alkyl halides is 3. The van der Waals surface area contributed by atoms with Gasteiger partial charge in [0, 0.05) is 19.6 Å². The van der Waals surface area contributed by atoms with Crippen molar-refractivity contribution < 1.29 is 32.2 Å². The molecular formula is C22H21F3N2O4. The van der Waals surface area contributed by atoms with Gasteiger partial charge in [0.05, 0.1) is 18.7 Å². The summed E-state index contributed by atoms with van der Waals surface area (Å²) in [7, 11) is 1.46. The summed E-state index contributed by atoms with van der Waals surface area (Å²) in [6.07, 6.45) is -6.11. The predicted molar refractivity (Wildman–Crippen MR) is 104 cm³/mol. The van der Waals surface area contributed by atoms with E-state index >= 15 is 0 Å². The Labute approximate surface area is 177 Å². The number of amides is 1. The van der Waals surface area contributed by atoms with Gasteiger partial charge in [-0.25, -0.2) is 4.79 Å². The molecule has 2 aromatic rings. The Morgan fingerprint density at radius 2 is 1.84 bits per heavy atom. The van der Waals surface area contributed by atoms with Crippen molar-refractivity contribution in [2.75, 3.05) is 20.2 Å². The molecular weight excluding hydrogens is 413 g/mol. The Morgan fingerprint density at radius 3 is 2.52 bits per heavy atom. The maximum Gasteiger partial charge on any atom is 0.490 e. The van der Waals surface area contributed by atoms with Crippen LogP contribution in [0.4, 0.5) is 13.2 Å². The molecule has 9 heteroatoms. The zero-order valence-electron chi connectivity index (χ0n) is 16.8. The van der Waals surface area contributed by atoms with Crippen LogP contribution in [-0.4, -0.2) is 60.3 Å². The van der Waals surface area contributed by atoms with E-state index in [4.69, 9.17) is 9.47 Å². The van der Waals surface area contributed by atoms with Gasteiger partial charge in [-0.3, -0.25) is 9.69 Å². The number of benzene rings is 2. The lowest BCUT2D eigenvalue weighted by Crippen LogP contribution is -2.64. The Hall–Kier alpha value is -3.07. The second kappa shape index (κ2) is 8.22. The highest BCUT2D eigenvalue weighted by molar-refractivity contribution is 6.00. The number of carbonyl (C=O) groups is 2. The maximum atomic E-state index is 13.2. The number of piperazine rings is 1. The van der Waals surface area contributed by atoms with E-state index in [-0.39, 0.29) is 18.9 Å². The molecule has 0 aliphatic carbocycles.